The zero-order valence-electron chi connectivity index (χ0n) is 11.6. The van der Waals surface area contributed by atoms with Gasteiger partial charge in [0.2, 0.25) is 15.9 Å². The number of hydrogen-bond donors (Lipinski definition) is 3. The van der Waals surface area contributed by atoms with Crippen LogP contribution in [0.5, 0.6) is 0 Å². The molecule has 0 aliphatic rings. The first-order valence-electron chi connectivity index (χ1n) is 5.83. The Morgan fingerprint density at radius 1 is 1.40 bits per heavy atom. The van der Waals surface area contributed by atoms with Crippen LogP contribution in [0.1, 0.15) is 24.2 Å². The summed E-state index contributed by atoms with van der Waals surface area (Å²) < 4.78 is 26.0. The Bertz CT molecular complexity index is 626. The van der Waals surface area contributed by atoms with Crippen LogP contribution in [0.2, 0.25) is 0 Å². The van der Waals surface area contributed by atoms with Gasteiger partial charge < -0.3 is 16.6 Å². The van der Waals surface area contributed by atoms with E-state index in [1.54, 1.807) is 13.8 Å². The van der Waals surface area contributed by atoms with E-state index < -0.39 is 21.5 Å². The number of carbonyl (C=O) groups is 1. The van der Waals surface area contributed by atoms with Gasteiger partial charge >= 0.3 is 0 Å². The molecule has 0 saturated carbocycles. The average molecular weight is 301 g/mol. The number of rotatable bonds is 5. The molecule has 8 heteroatoms. The third-order valence-electron chi connectivity index (χ3n) is 3.17. The van der Waals surface area contributed by atoms with Gasteiger partial charge in [-0.05, 0) is 32.0 Å². The Hall–Kier alpha value is -1.64. The standard InChI is InChI=1S/C12H19N3O4S/c1-12(2,7-16)15(3)20(18,19)10-5-4-8(11(14)17)6-9(10)13/h4-6,16H,7,13H2,1-3H3,(H2,14,17). The largest absolute Gasteiger partial charge is 0.398 e. The first-order valence-corrected chi connectivity index (χ1v) is 7.27. The van der Waals surface area contributed by atoms with Gasteiger partial charge in [0.15, 0.2) is 0 Å². The second-order valence-electron chi connectivity index (χ2n) is 5.06. The molecule has 0 aliphatic heterocycles. The molecule has 0 heterocycles. The predicted octanol–water partition coefficient (Wildman–Crippen LogP) is -0.241. The van der Waals surface area contributed by atoms with Crippen LogP contribution in [-0.4, -0.2) is 42.9 Å². The fourth-order valence-corrected chi connectivity index (χ4v) is 3.11. The molecule has 0 saturated heterocycles. The van der Waals surface area contributed by atoms with E-state index in [0.29, 0.717) is 0 Å². The van der Waals surface area contributed by atoms with E-state index in [-0.39, 0.29) is 22.8 Å². The quantitative estimate of drug-likeness (QED) is 0.647. The van der Waals surface area contributed by atoms with Gasteiger partial charge in [0, 0.05) is 12.6 Å². The Labute approximate surface area is 118 Å². The minimum Gasteiger partial charge on any atom is -0.398 e. The number of aliphatic hydroxyl groups excluding tert-OH is 1. The van der Waals surface area contributed by atoms with Gasteiger partial charge in [-0.2, -0.15) is 4.31 Å². The molecule has 112 valence electrons. The summed E-state index contributed by atoms with van der Waals surface area (Å²) in [5.41, 5.74) is 9.88. The van der Waals surface area contributed by atoms with Crippen molar-refractivity contribution in [2.45, 2.75) is 24.3 Å². The summed E-state index contributed by atoms with van der Waals surface area (Å²) in [4.78, 5) is 10.9. The molecule has 0 unspecified atom stereocenters. The molecule has 0 aromatic heterocycles. The minimum atomic E-state index is -3.89. The number of primary amides is 1. The van der Waals surface area contributed by atoms with E-state index in [4.69, 9.17) is 11.5 Å². The molecule has 7 nitrogen and oxygen atoms in total. The van der Waals surface area contributed by atoms with Gasteiger partial charge in [-0.15, -0.1) is 0 Å². The van der Waals surface area contributed by atoms with Gasteiger partial charge in [-0.3, -0.25) is 4.79 Å². The van der Waals surface area contributed by atoms with E-state index in [9.17, 15) is 18.3 Å². The SMILES string of the molecule is CN(C(C)(C)CO)S(=O)(=O)c1ccc(C(N)=O)cc1N. The number of nitrogen functional groups attached to an aromatic ring is 1. The van der Waals surface area contributed by atoms with E-state index >= 15 is 0 Å². The van der Waals surface area contributed by atoms with Gasteiger partial charge in [0.05, 0.1) is 17.8 Å². The molecule has 0 bridgehead atoms. The number of anilines is 1. The van der Waals surface area contributed by atoms with E-state index in [1.807, 2.05) is 0 Å². The molecule has 5 N–H and O–H groups in total. The Morgan fingerprint density at radius 2 is 1.95 bits per heavy atom. The summed E-state index contributed by atoms with van der Waals surface area (Å²) in [5.74, 6) is -0.690. The highest BCUT2D eigenvalue weighted by Crippen LogP contribution is 2.27. The number of nitrogens with two attached hydrogens (primary N) is 2. The molecule has 0 spiro atoms. The predicted molar refractivity (Wildman–Crippen MR) is 75.5 cm³/mol. The highest BCUT2D eigenvalue weighted by Gasteiger charge is 2.34. The summed E-state index contributed by atoms with van der Waals surface area (Å²) >= 11 is 0. The number of carbonyl (C=O) groups excluding carboxylic acids is 1. The molecular weight excluding hydrogens is 282 g/mol. The van der Waals surface area contributed by atoms with Crippen molar-refractivity contribution in [2.24, 2.45) is 5.73 Å². The van der Waals surface area contributed by atoms with Gasteiger partial charge in [0.1, 0.15) is 4.90 Å². The number of benzene rings is 1. The van der Waals surface area contributed by atoms with E-state index in [2.05, 4.69) is 0 Å². The van der Waals surface area contributed by atoms with Crippen molar-refractivity contribution < 1.29 is 18.3 Å². The van der Waals surface area contributed by atoms with Crippen LogP contribution in [0, 0.1) is 0 Å². The Morgan fingerprint density at radius 3 is 2.35 bits per heavy atom. The smallest absolute Gasteiger partial charge is 0.248 e. The lowest BCUT2D eigenvalue weighted by atomic mass is 10.1. The lowest BCUT2D eigenvalue weighted by Gasteiger charge is -2.33. The van der Waals surface area contributed by atoms with Crippen molar-refractivity contribution >= 4 is 21.6 Å². The number of likely N-dealkylation sites (N-methyl/N-ethyl adjacent to an activating group) is 1. The zero-order valence-corrected chi connectivity index (χ0v) is 12.4. The zero-order chi connectivity index (χ0) is 15.7. The molecule has 1 rings (SSSR count). The van der Waals surface area contributed by atoms with Crippen LogP contribution in [-0.2, 0) is 10.0 Å². The van der Waals surface area contributed by atoms with Crippen LogP contribution in [0.15, 0.2) is 23.1 Å². The molecule has 20 heavy (non-hydrogen) atoms. The molecule has 0 aliphatic carbocycles. The van der Waals surface area contributed by atoms with Crippen LogP contribution in [0.3, 0.4) is 0 Å². The first-order chi connectivity index (χ1) is 9.04. The molecule has 1 amide bonds. The molecule has 0 radical (unpaired) electrons. The van der Waals surface area contributed by atoms with Crippen molar-refractivity contribution in [2.75, 3.05) is 19.4 Å². The Kier molecular flexibility index (Phi) is 4.42. The number of amides is 1. The number of sulfonamides is 1. The topological polar surface area (TPSA) is 127 Å². The second kappa shape index (κ2) is 5.39. The summed E-state index contributed by atoms with van der Waals surface area (Å²) in [6, 6.07) is 3.75. The monoisotopic (exact) mass is 301 g/mol. The summed E-state index contributed by atoms with van der Waals surface area (Å²) in [6.07, 6.45) is 0. The van der Waals surface area contributed by atoms with Gasteiger partial charge in [-0.25, -0.2) is 8.42 Å². The fraction of sp³-hybridized carbons (Fsp3) is 0.417. The summed E-state index contributed by atoms with van der Waals surface area (Å²) in [6.45, 7) is 2.82. The van der Waals surface area contributed by atoms with Crippen molar-refractivity contribution in [3.05, 3.63) is 23.8 Å². The van der Waals surface area contributed by atoms with Crippen LogP contribution in [0.4, 0.5) is 5.69 Å². The third-order valence-corrected chi connectivity index (χ3v) is 5.32. The maximum Gasteiger partial charge on any atom is 0.248 e. The maximum atomic E-state index is 12.5. The number of aliphatic hydroxyl groups is 1. The van der Waals surface area contributed by atoms with Gasteiger partial charge in [0.25, 0.3) is 0 Å². The lowest BCUT2D eigenvalue weighted by Crippen LogP contribution is -2.47. The number of hydrogen-bond acceptors (Lipinski definition) is 5. The van der Waals surface area contributed by atoms with Crippen molar-refractivity contribution in [1.82, 2.24) is 4.31 Å². The normalized spacial score (nSPS) is 12.7. The van der Waals surface area contributed by atoms with Crippen molar-refractivity contribution in [3.8, 4) is 0 Å². The lowest BCUT2D eigenvalue weighted by molar-refractivity contribution is 0.1000. The number of nitrogens with zero attached hydrogens (tertiary/aromatic N) is 1. The highest BCUT2D eigenvalue weighted by molar-refractivity contribution is 7.89. The highest BCUT2D eigenvalue weighted by atomic mass is 32.2. The summed E-state index contributed by atoms with van der Waals surface area (Å²) in [7, 11) is -2.53. The maximum absolute atomic E-state index is 12.5. The van der Waals surface area contributed by atoms with E-state index in [0.717, 1.165) is 4.31 Å². The van der Waals surface area contributed by atoms with Crippen LogP contribution >= 0.6 is 0 Å². The molecule has 0 fully saturated rings. The minimum absolute atomic E-state index is 0.0677. The molecule has 1 aromatic rings. The third kappa shape index (κ3) is 2.92. The molecule has 0 atom stereocenters. The second-order valence-corrected chi connectivity index (χ2v) is 7.00. The fourth-order valence-electron chi connectivity index (χ4n) is 1.51. The van der Waals surface area contributed by atoms with Crippen molar-refractivity contribution in [1.29, 1.82) is 0 Å². The molecular formula is C12H19N3O4S. The Balaban J connectivity index is 3.34. The summed E-state index contributed by atoms with van der Waals surface area (Å²) in [5, 5.41) is 9.26. The average Bonchev–Trinajstić information content (AvgIpc) is 2.37. The van der Waals surface area contributed by atoms with Crippen LogP contribution in [0.25, 0.3) is 0 Å². The van der Waals surface area contributed by atoms with Gasteiger partial charge in [-0.1, -0.05) is 0 Å². The first kappa shape index (κ1) is 16.4. The van der Waals surface area contributed by atoms with Crippen molar-refractivity contribution in [3.63, 3.8) is 0 Å². The molecule has 1 aromatic carbocycles. The van der Waals surface area contributed by atoms with Crippen LogP contribution < -0.4 is 11.5 Å². The van der Waals surface area contributed by atoms with E-state index in [1.165, 1.54) is 25.2 Å².